The molecule has 0 saturated carbocycles. The molecule has 0 nitrogen and oxygen atoms in total. The van der Waals surface area contributed by atoms with Crippen LogP contribution in [0.1, 0.15) is 0 Å². The van der Waals surface area contributed by atoms with Crippen molar-refractivity contribution in [3.05, 3.63) is 37.9 Å². The summed E-state index contributed by atoms with van der Waals surface area (Å²) >= 11 is 0. The van der Waals surface area contributed by atoms with Crippen molar-refractivity contribution in [2.24, 2.45) is 0 Å². The fourth-order valence-electron chi connectivity index (χ4n) is 0.717. The standard InChI is InChI=1S/C8H13B/c1-4-7-9(6-3)8-5-2/h4-6H,1-3,7-8H2. The molecular weight excluding hydrogens is 107 g/mol. The van der Waals surface area contributed by atoms with Crippen LogP contribution in [0.25, 0.3) is 0 Å². The van der Waals surface area contributed by atoms with Gasteiger partial charge in [0.25, 0.3) is 0 Å². The first-order valence-corrected chi connectivity index (χ1v) is 3.19. The van der Waals surface area contributed by atoms with E-state index < -0.39 is 0 Å². The lowest BCUT2D eigenvalue weighted by atomic mass is 9.45. The van der Waals surface area contributed by atoms with Crippen LogP contribution in [0.2, 0.25) is 12.6 Å². The Hall–Kier alpha value is -0.715. The number of hydrogen-bond acceptors (Lipinski definition) is 0. The molecule has 48 valence electrons. The molecule has 0 rings (SSSR count). The maximum atomic E-state index is 3.70. The second kappa shape index (κ2) is 5.42. The smallest absolute Gasteiger partial charge is 0.121 e. The molecule has 0 aliphatic carbocycles. The first-order chi connectivity index (χ1) is 4.35. The summed E-state index contributed by atoms with van der Waals surface area (Å²) in [6.45, 7) is 11.5. The molecule has 0 aromatic carbocycles. The van der Waals surface area contributed by atoms with Crippen LogP contribution in [-0.2, 0) is 0 Å². The van der Waals surface area contributed by atoms with E-state index in [1.165, 1.54) is 0 Å². The van der Waals surface area contributed by atoms with Gasteiger partial charge >= 0.3 is 0 Å². The van der Waals surface area contributed by atoms with Crippen molar-refractivity contribution < 1.29 is 0 Å². The second-order valence-corrected chi connectivity index (χ2v) is 2.04. The van der Waals surface area contributed by atoms with Gasteiger partial charge in [-0.2, -0.15) is 0 Å². The zero-order chi connectivity index (χ0) is 7.11. The monoisotopic (exact) mass is 120 g/mol. The molecule has 0 radical (unpaired) electrons. The lowest BCUT2D eigenvalue weighted by molar-refractivity contribution is 1.55. The Labute approximate surface area is 58.0 Å². The van der Waals surface area contributed by atoms with Crippen LogP contribution < -0.4 is 0 Å². The lowest BCUT2D eigenvalue weighted by Gasteiger charge is -1.98. The van der Waals surface area contributed by atoms with E-state index in [4.69, 9.17) is 0 Å². The Morgan fingerprint density at radius 1 is 1.00 bits per heavy atom. The Morgan fingerprint density at radius 2 is 1.44 bits per heavy atom. The van der Waals surface area contributed by atoms with Crippen LogP contribution in [0.4, 0.5) is 0 Å². The highest BCUT2D eigenvalue weighted by atomic mass is 13.7. The minimum Gasteiger partial charge on any atom is -0.121 e. The van der Waals surface area contributed by atoms with E-state index in [2.05, 4.69) is 19.7 Å². The SMILES string of the molecule is C=CCB(C=C)CC=C. The van der Waals surface area contributed by atoms with Crippen LogP contribution in [0.5, 0.6) is 0 Å². The van der Waals surface area contributed by atoms with Gasteiger partial charge in [-0.05, 0) is 0 Å². The highest BCUT2D eigenvalue weighted by Gasteiger charge is 2.01. The van der Waals surface area contributed by atoms with Crippen molar-refractivity contribution in [3.8, 4) is 0 Å². The van der Waals surface area contributed by atoms with Crippen LogP contribution >= 0.6 is 0 Å². The quantitative estimate of drug-likeness (QED) is 0.386. The van der Waals surface area contributed by atoms with Gasteiger partial charge in [-0.25, -0.2) is 0 Å². The van der Waals surface area contributed by atoms with E-state index in [1.54, 1.807) is 0 Å². The molecule has 0 bridgehead atoms. The van der Waals surface area contributed by atoms with Crippen LogP contribution in [0.3, 0.4) is 0 Å². The molecule has 0 heterocycles. The van der Waals surface area contributed by atoms with Gasteiger partial charge in [0, 0.05) is 0 Å². The summed E-state index contributed by atoms with van der Waals surface area (Å²) < 4.78 is 0. The van der Waals surface area contributed by atoms with E-state index in [1.807, 2.05) is 18.1 Å². The van der Waals surface area contributed by atoms with Crippen molar-refractivity contribution >= 4 is 6.71 Å². The van der Waals surface area contributed by atoms with Gasteiger partial charge in [-0.1, -0.05) is 24.8 Å². The van der Waals surface area contributed by atoms with E-state index >= 15 is 0 Å². The molecule has 0 aromatic rings. The minimum absolute atomic E-state index is 0.542. The van der Waals surface area contributed by atoms with Crippen molar-refractivity contribution in [1.29, 1.82) is 0 Å². The van der Waals surface area contributed by atoms with Crippen molar-refractivity contribution in [3.63, 3.8) is 0 Å². The summed E-state index contributed by atoms with van der Waals surface area (Å²) in [5.74, 6) is 1.95. The van der Waals surface area contributed by atoms with E-state index in [0.717, 1.165) is 12.6 Å². The molecular formula is C8H13B. The molecule has 0 N–H and O–H groups in total. The Morgan fingerprint density at radius 3 is 1.67 bits per heavy atom. The first kappa shape index (κ1) is 8.28. The maximum Gasteiger partial charge on any atom is 0.173 e. The lowest BCUT2D eigenvalue weighted by Crippen LogP contribution is -2.04. The Kier molecular flexibility index (Phi) is 4.99. The summed E-state index contributed by atoms with van der Waals surface area (Å²) in [5.41, 5.74) is 0. The zero-order valence-electron chi connectivity index (χ0n) is 5.84. The van der Waals surface area contributed by atoms with Crippen LogP contribution in [0, 0.1) is 0 Å². The Bertz CT molecular complexity index is 95.1. The summed E-state index contributed by atoms with van der Waals surface area (Å²) in [5, 5.41) is 0. The number of hydrogen-bond donors (Lipinski definition) is 0. The zero-order valence-corrected chi connectivity index (χ0v) is 5.84. The average molecular weight is 120 g/mol. The van der Waals surface area contributed by atoms with Gasteiger partial charge in [0.05, 0.1) is 0 Å². The third kappa shape index (κ3) is 3.83. The van der Waals surface area contributed by atoms with E-state index in [0.29, 0.717) is 6.71 Å². The predicted octanol–water partition coefficient (Wildman–Crippen LogP) is 2.58. The average Bonchev–Trinajstić information content (AvgIpc) is 1.88. The van der Waals surface area contributed by atoms with Crippen molar-refractivity contribution in [2.45, 2.75) is 12.6 Å². The highest BCUT2D eigenvalue weighted by molar-refractivity contribution is 6.65. The van der Waals surface area contributed by atoms with E-state index in [-0.39, 0.29) is 0 Å². The van der Waals surface area contributed by atoms with Crippen LogP contribution in [-0.4, -0.2) is 6.71 Å². The molecule has 9 heavy (non-hydrogen) atoms. The fraction of sp³-hybridized carbons (Fsp3) is 0.250. The minimum atomic E-state index is 0.542. The Balaban J connectivity index is 3.51. The number of allylic oxidation sites excluding steroid dienone is 2. The molecule has 1 heteroatoms. The fourth-order valence-corrected chi connectivity index (χ4v) is 0.717. The topological polar surface area (TPSA) is 0 Å². The second-order valence-electron chi connectivity index (χ2n) is 2.04. The van der Waals surface area contributed by atoms with Crippen LogP contribution in [0.15, 0.2) is 37.9 Å². The molecule has 0 spiro atoms. The van der Waals surface area contributed by atoms with Gasteiger partial charge in [0.15, 0.2) is 6.71 Å². The summed E-state index contributed by atoms with van der Waals surface area (Å²) in [6.07, 6.45) is 5.84. The molecule has 0 unspecified atom stereocenters. The molecule has 0 saturated heterocycles. The molecule has 0 aliphatic rings. The predicted molar refractivity (Wildman–Crippen MR) is 46.0 cm³/mol. The molecule has 0 atom stereocenters. The normalized spacial score (nSPS) is 8.00. The van der Waals surface area contributed by atoms with E-state index in [9.17, 15) is 0 Å². The summed E-state index contributed by atoms with van der Waals surface area (Å²) in [6, 6.07) is 0. The first-order valence-electron chi connectivity index (χ1n) is 3.19. The van der Waals surface area contributed by atoms with Gasteiger partial charge in [0.1, 0.15) is 0 Å². The maximum absolute atomic E-state index is 3.70. The van der Waals surface area contributed by atoms with Gasteiger partial charge in [0.2, 0.25) is 0 Å². The summed E-state index contributed by atoms with van der Waals surface area (Å²) in [4.78, 5) is 0. The van der Waals surface area contributed by atoms with Gasteiger partial charge < -0.3 is 0 Å². The third-order valence-electron chi connectivity index (χ3n) is 1.27. The van der Waals surface area contributed by atoms with Crippen molar-refractivity contribution in [1.82, 2.24) is 0 Å². The van der Waals surface area contributed by atoms with Gasteiger partial charge in [-0.3, -0.25) is 0 Å². The largest absolute Gasteiger partial charge is 0.173 e. The summed E-state index contributed by atoms with van der Waals surface area (Å²) in [7, 11) is 0. The van der Waals surface area contributed by atoms with Gasteiger partial charge in [-0.15, -0.1) is 25.7 Å². The number of rotatable bonds is 5. The molecule has 0 amide bonds. The van der Waals surface area contributed by atoms with Crippen molar-refractivity contribution in [2.75, 3.05) is 0 Å². The molecule has 0 aliphatic heterocycles. The third-order valence-corrected chi connectivity index (χ3v) is 1.27. The highest BCUT2D eigenvalue weighted by Crippen LogP contribution is 2.00. The molecule has 0 fully saturated rings. The molecule has 0 aromatic heterocycles.